The second-order valence-corrected chi connectivity index (χ2v) is 5.89. The van der Waals surface area contributed by atoms with Crippen LogP contribution in [0.25, 0.3) is 0 Å². The molecule has 20 heavy (non-hydrogen) atoms. The van der Waals surface area contributed by atoms with Crippen molar-refractivity contribution in [3.8, 4) is 0 Å². The van der Waals surface area contributed by atoms with Crippen molar-refractivity contribution in [3.05, 3.63) is 29.3 Å². The predicted molar refractivity (Wildman–Crippen MR) is 80.4 cm³/mol. The van der Waals surface area contributed by atoms with Crippen LogP contribution in [0.2, 0.25) is 0 Å². The van der Waals surface area contributed by atoms with E-state index in [1.54, 1.807) is 12.1 Å². The molecule has 0 bridgehead atoms. The lowest BCUT2D eigenvalue weighted by molar-refractivity contribution is -0.122. The van der Waals surface area contributed by atoms with E-state index >= 15 is 0 Å². The van der Waals surface area contributed by atoms with Gasteiger partial charge in [-0.1, -0.05) is 11.6 Å². The van der Waals surface area contributed by atoms with E-state index in [1.807, 2.05) is 33.8 Å². The minimum absolute atomic E-state index is 0.0879. The maximum absolute atomic E-state index is 12.0. The van der Waals surface area contributed by atoms with Crippen LogP contribution in [0.15, 0.2) is 18.2 Å². The van der Waals surface area contributed by atoms with Gasteiger partial charge in [-0.15, -0.1) is 0 Å². The summed E-state index contributed by atoms with van der Waals surface area (Å²) in [6, 6.07) is 5.29. The van der Waals surface area contributed by atoms with E-state index in [1.165, 1.54) is 0 Å². The Hall–Kier alpha value is -2.04. The quantitative estimate of drug-likeness (QED) is 0.731. The fraction of sp³-hybridized carbons (Fsp3) is 0.467. The van der Waals surface area contributed by atoms with Crippen LogP contribution < -0.4 is 16.4 Å². The number of anilines is 1. The lowest BCUT2D eigenvalue weighted by atomic mass is 10.1. The highest BCUT2D eigenvalue weighted by Crippen LogP contribution is 2.13. The van der Waals surface area contributed by atoms with Crippen molar-refractivity contribution in [3.63, 3.8) is 0 Å². The normalized spacial score (nSPS) is 11.0. The third-order valence-electron chi connectivity index (χ3n) is 2.61. The molecule has 0 fully saturated rings. The lowest BCUT2D eigenvalue weighted by Crippen LogP contribution is -2.42. The van der Waals surface area contributed by atoms with Crippen LogP contribution in [0, 0.1) is 6.92 Å². The van der Waals surface area contributed by atoms with Crippen LogP contribution in [-0.4, -0.2) is 23.9 Å². The smallest absolute Gasteiger partial charge is 0.253 e. The second kappa shape index (κ2) is 6.41. The molecule has 2 amide bonds. The van der Waals surface area contributed by atoms with Crippen LogP contribution in [0.3, 0.4) is 0 Å². The highest BCUT2D eigenvalue weighted by atomic mass is 16.2. The van der Waals surface area contributed by atoms with E-state index in [4.69, 9.17) is 5.73 Å². The summed E-state index contributed by atoms with van der Waals surface area (Å²) in [5.41, 5.74) is 7.35. The number of carbonyl (C=O) groups excluding carboxylic acids is 2. The molecule has 0 saturated heterocycles. The summed E-state index contributed by atoms with van der Waals surface area (Å²) in [5.74, 6) is -0.343. The minimum atomic E-state index is -0.262. The van der Waals surface area contributed by atoms with Gasteiger partial charge in [0.1, 0.15) is 0 Å². The molecule has 0 aromatic heterocycles. The number of rotatable bonds is 4. The molecule has 1 rings (SSSR count). The summed E-state index contributed by atoms with van der Waals surface area (Å²) in [4.78, 5) is 23.6. The van der Waals surface area contributed by atoms with Crippen molar-refractivity contribution in [1.29, 1.82) is 0 Å². The topological polar surface area (TPSA) is 84.2 Å². The predicted octanol–water partition coefficient (Wildman–Crippen LogP) is 1.61. The molecule has 4 N–H and O–H groups in total. The lowest BCUT2D eigenvalue weighted by Gasteiger charge is -2.20. The van der Waals surface area contributed by atoms with E-state index in [0.717, 1.165) is 5.56 Å². The first-order valence-corrected chi connectivity index (χ1v) is 6.64. The first-order valence-electron chi connectivity index (χ1n) is 6.64. The minimum Gasteiger partial charge on any atom is -0.398 e. The van der Waals surface area contributed by atoms with Crippen LogP contribution >= 0.6 is 0 Å². The molecule has 0 atom stereocenters. The Bertz CT molecular complexity index is 504. The third-order valence-corrected chi connectivity index (χ3v) is 2.61. The van der Waals surface area contributed by atoms with Gasteiger partial charge >= 0.3 is 0 Å². The van der Waals surface area contributed by atoms with Crippen LogP contribution in [-0.2, 0) is 4.79 Å². The Balaban J connectivity index is 2.48. The van der Waals surface area contributed by atoms with Crippen molar-refractivity contribution in [2.45, 2.75) is 39.7 Å². The molecule has 5 heteroatoms. The molecule has 0 aliphatic heterocycles. The summed E-state index contributed by atoms with van der Waals surface area (Å²) in [7, 11) is 0. The number of nitrogens with one attached hydrogen (secondary N) is 2. The number of aryl methyl sites for hydroxylation is 1. The molecule has 0 spiro atoms. The van der Waals surface area contributed by atoms with E-state index in [9.17, 15) is 9.59 Å². The van der Waals surface area contributed by atoms with Gasteiger partial charge in [-0.3, -0.25) is 9.59 Å². The number of nitrogens with two attached hydrogens (primary N) is 1. The monoisotopic (exact) mass is 277 g/mol. The maximum atomic E-state index is 12.0. The Labute approximate surface area is 119 Å². The molecule has 0 radical (unpaired) electrons. The third kappa shape index (κ3) is 5.30. The summed E-state index contributed by atoms with van der Waals surface area (Å²) in [5, 5.41) is 5.54. The highest BCUT2D eigenvalue weighted by Gasteiger charge is 2.14. The van der Waals surface area contributed by atoms with Gasteiger partial charge in [-0.25, -0.2) is 0 Å². The SMILES string of the molecule is Cc1ccc(N)c(C(=O)NCCC(=O)NC(C)(C)C)c1. The molecule has 1 aromatic rings. The summed E-state index contributed by atoms with van der Waals surface area (Å²) in [6.07, 6.45) is 0.245. The first-order chi connectivity index (χ1) is 9.19. The van der Waals surface area contributed by atoms with Gasteiger partial charge in [0.25, 0.3) is 5.91 Å². The molecule has 0 aliphatic carbocycles. The van der Waals surface area contributed by atoms with Crippen molar-refractivity contribution in [2.24, 2.45) is 0 Å². The van der Waals surface area contributed by atoms with Crippen LogP contribution in [0.5, 0.6) is 0 Å². The largest absolute Gasteiger partial charge is 0.398 e. The Morgan fingerprint density at radius 1 is 1.25 bits per heavy atom. The summed E-state index contributed by atoms with van der Waals surface area (Å²) in [6.45, 7) is 7.92. The van der Waals surface area contributed by atoms with Crippen molar-refractivity contribution in [1.82, 2.24) is 10.6 Å². The zero-order chi connectivity index (χ0) is 15.3. The van der Waals surface area contributed by atoms with Gasteiger partial charge in [-0.2, -0.15) is 0 Å². The molecule has 110 valence electrons. The van der Waals surface area contributed by atoms with Gasteiger partial charge in [0.2, 0.25) is 5.91 Å². The molecule has 0 saturated carbocycles. The van der Waals surface area contributed by atoms with Crippen LogP contribution in [0.4, 0.5) is 5.69 Å². The maximum Gasteiger partial charge on any atom is 0.253 e. The van der Waals surface area contributed by atoms with Crippen LogP contribution in [0.1, 0.15) is 43.1 Å². The fourth-order valence-corrected chi connectivity index (χ4v) is 1.73. The zero-order valence-electron chi connectivity index (χ0n) is 12.5. The average molecular weight is 277 g/mol. The second-order valence-electron chi connectivity index (χ2n) is 5.89. The highest BCUT2D eigenvalue weighted by molar-refractivity contribution is 5.99. The van der Waals surface area contributed by atoms with E-state index in [2.05, 4.69) is 10.6 Å². The van der Waals surface area contributed by atoms with Gasteiger partial charge in [0, 0.05) is 24.2 Å². The first kappa shape index (κ1) is 16.0. The number of hydrogen-bond acceptors (Lipinski definition) is 3. The van der Waals surface area contributed by atoms with E-state index in [-0.39, 0.29) is 30.3 Å². The molecule has 5 nitrogen and oxygen atoms in total. The van der Waals surface area contributed by atoms with Crippen molar-refractivity contribution < 1.29 is 9.59 Å². The van der Waals surface area contributed by atoms with Crippen molar-refractivity contribution in [2.75, 3.05) is 12.3 Å². The number of hydrogen-bond donors (Lipinski definition) is 3. The number of amides is 2. The molecule has 0 aliphatic rings. The van der Waals surface area contributed by atoms with E-state index < -0.39 is 0 Å². The summed E-state index contributed by atoms with van der Waals surface area (Å²) >= 11 is 0. The Morgan fingerprint density at radius 2 is 1.90 bits per heavy atom. The molecule has 1 aromatic carbocycles. The van der Waals surface area contributed by atoms with Gasteiger partial charge in [0.15, 0.2) is 0 Å². The molecular weight excluding hydrogens is 254 g/mol. The number of nitrogen functional groups attached to an aromatic ring is 1. The molecular formula is C15H23N3O2. The van der Waals surface area contributed by atoms with Crippen molar-refractivity contribution >= 4 is 17.5 Å². The Morgan fingerprint density at radius 3 is 2.50 bits per heavy atom. The molecule has 0 unspecified atom stereocenters. The standard InChI is InChI=1S/C15H23N3O2/c1-10-5-6-12(16)11(9-10)14(20)17-8-7-13(19)18-15(2,3)4/h5-6,9H,7-8,16H2,1-4H3,(H,17,20)(H,18,19). The zero-order valence-corrected chi connectivity index (χ0v) is 12.5. The molecule has 0 heterocycles. The average Bonchev–Trinajstić information content (AvgIpc) is 2.29. The number of carbonyl (C=O) groups is 2. The fourth-order valence-electron chi connectivity index (χ4n) is 1.73. The number of benzene rings is 1. The Kier molecular flexibility index (Phi) is 5.13. The van der Waals surface area contributed by atoms with Gasteiger partial charge in [0.05, 0.1) is 5.56 Å². The van der Waals surface area contributed by atoms with Gasteiger partial charge < -0.3 is 16.4 Å². The summed E-state index contributed by atoms with van der Waals surface area (Å²) < 4.78 is 0. The van der Waals surface area contributed by atoms with Gasteiger partial charge in [-0.05, 0) is 39.8 Å². The van der Waals surface area contributed by atoms with E-state index in [0.29, 0.717) is 11.3 Å².